The van der Waals surface area contributed by atoms with Gasteiger partial charge in [0.25, 0.3) is 0 Å². The number of fused-ring (bicyclic) bond motifs is 1. The quantitative estimate of drug-likeness (QED) is 0.772. The molecule has 27 heavy (non-hydrogen) atoms. The van der Waals surface area contributed by atoms with Crippen molar-refractivity contribution in [3.8, 4) is 11.5 Å². The van der Waals surface area contributed by atoms with Gasteiger partial charge >= 0.3 is 0 Å². The van der Waals surface area contributed by atoms with Crippen LogP contribution in [0.4, 0.5) is 5.69 Å². The molecular weight excluding hydrogens is 380 g/mol. The number of carbonyl (C=O) groups excluding carboxylic acids is 1. The Kier molecular flexibility index (Phi) is 6.23. The summed E-state index contributed by atoms with van der Waals surface area (Å²) in [5.41, 5.74) is 3.12. The highest BCUT2D eigenvalue weighted by Gasteiger charge is 2.27. The van der Waals surface area contributed by atoms with Gasteiger partial charge in [-0.1, -0.05) is 12.1 Å². The van der Waals surface area contributed by atoms with Crippen LogP contribution in [0, 0.1) is 6.92 Å². The van der Waals surface area contributed by atoms with Gasteiger partial charge in [0.15, 0.2) is 16.6 Å². The number of carbonyl (C=O) groups is 1. The number of amides is 1. The molecule has 5 nitrogen and oxygen atoms in total. The van der Waals surface area contributed by atoms with Crippen LogP contribution < -0.4 is 19.7 Å². The van der Waals surface area contributed by atoms with E-state index in [1.54, 1.807) is 30.9 Å². The highest BCUT2D eigenvalue weighted by Crippen LogP contribution is 2.36. The van der Waals surface area contributed by atoms with Crippen LogP contribution in [-0.4, -0.2) is 37.5 Å². The molecule has 1 N–H and O–H groups in total. The zero-order valence-corrected chi connectivity index (χ0v) is 17.2. The zero-order valence-electron chi connectivity index (χ0n) is 15.6. The van der Waals surface area contributed by atoms with Gasteiger partial charge in [-0.3, -0.25) is 9.69 Å². The molecule has 2 aromatic rings. The average Bonchev–Trinajstić information content (AvgIpc) is 2.67. The number of aryl methyl sites for hydroxylation is 1. The zero-order chi connectivity index (χ0) is 19.4. The summed E-state index contributed by atoms with van der Waals surface area (Å²) in [4.78, 5) is 15.1. The van der Waals surface area contributed by atoms with Crippen molar-refractivity contribution < 1.29 is 14.3 Å². The number of nitrogens with one attached hydrogen (secondary N) is 1. The van der Waals surface area contributed by atoms with E-state index in [2.05, 4.69) is 11.4 Å². The Morgan fingerprint density at radius 3 is 2.70 bits per heavy atom. The fourth-order valence-corrected chi connectivity index (χ4v) is 4.20. The molecule has 0 atom stereocenters. The maximum Gasteiger partial charge on any atom is 0.243 e. The van der Waals surface area contributed by atoms with Crippen molar-refractivity contribution >= 4 is 40.7 Å². The largest absolute Gasteiger partial charge is 0.493 e. The van der Waals surface area contributed by atoms with Crippen molar-refractivity contribution in [3.05, 3.63) is 47.5 Å². The van der Waals surface area contributed by atoms with Crippen LogP contribution in [0.2, 0.25) is 0 Å². The minimum Gasteiger partial charge on any atom is -0.493 e. The van der Waals surface area contributed by atoms with Crippen molar-refractivity contribution in [2.75, 3.05) is 31.4 Å². The molecule has 0 unspecified atom stereocenters. The lowest BCUT2D eigenvalue weighted by molar-refractivity contribution is -0.115. The second-order valence-corrected chi connectivity index (χ2v) is 7.56. The number of hydrogen-bond acceptors (Lipinski definition) is 5. The van der Waals surface area contributed by atoms with Crippen LogP contribution in [0.3, 0.4) is 0 Å². The van der Waals surface area contributed by atoms with Gasteiger partial charge < -0.3 is 14.8 Å². The van der Waals surface area contributed by atoms with E-state index in [1.807, 2.05) is 37.3 Å². The number of anilines is 1. The van der Waals surface area contributed by atoms with Crippen molar-refractivity contribution in [2.24, 2.45) is 0 Å². The van der Waals surface area contributed by atoms with Gasteiger partial charge in [-0.25, -0.2) is 0 Å². The standard InChI is InChI=1S/C20H22N2O3S2/c1-13-4-6-15-18(10-13)27-12-19(23)22(15)20(26)21-9-8-14-5-7-16(24-2)17(11-14)25-3/h4-7,10-11H,8-9,12H2,1-3H3,(H,21,26). The van der Waals surface area contributed by atoms with Crippen molar-refractivity contribution in [2.45, 2.75) is 18.2 Å². The van der Waals surface area contributed by atoms with E-state index in [0.717, 1.165) is 22.6 Å². The number of methoxy groups -OCH3 is 2. The predicted octanol–water partition coefficient (Wildman–Crippen LogP) is 3.57. The molecule has 0 fully saturated rings. The topological polar surface area (TPSA) is 50.8 Å². The van der Waals surface area contributed by atoms with E-state index < -0.39 is 0 Å². The molecule has 2 aromatic carbocycles. The van der Waals surface area contributed by atoms with Crippen LogP contribution in [-0.2, 0) is 11.2 Å². The maximum absolute atomic E-state index is 12.4. The first-order chi connectivity index (χ1) is 13.0. The Morgan fingerprint density at radius 2 is 1.96 bits per heavy atom. The Labute approximate surface area is 169 Å². The Hall–Kier alpha value is -2.25. The number of nitrogens with zero attached hydrogens (tertiary/aromatic N) is 1. The maximum atomic E-state index is 12.4. The van der Waals surface area contributed by atoms with E-state index in [0.29, 0.717) is 28.9 Å². The molecule has 3 rings (SSSR count). The van der Waals surface area contributed by atoms with E-state index in [-0.39, 0.29) is 5.91 Å². The van der Waals surface area contributed by atoms with Crippen LogP contribution in [0.15, 0.2) is 41.3 Å². The van der Waals surface area contributed by atoms with Gasteiger partial charge in [0.1, 0.15) is 0 Å². The van der Waals surface area contributed by atoms with Crippen LogP contribution in [0.25, 0.3) is 0 Å². The van der Waals surface area contributed by atoms with Crippen molar-refractivity contribution in [1.29, 1.82) is 0 Å². The Balaban J connectivity index is 1.65. The summed E-state index contributed by atoms with van der Waals surface area (Å²) in [6.45, 7) is 2.66. The Morgan fingerprint density at radius 1 is 1.19 bits per heavy atom. The minimum atomic E-state index is -0.0000280. The SMILES string of the molecule is COc1ccc(CCNC(=S)N2C(=O)CSc3cc(C)ccc32)cc1OC. The lowest BCUT2D eigenvalue weighted by atomic mass is 10.1. The molecule has 0 spiro atoms. The molecular formula is C20H22N2O3S2. The number of thioether (sulfide) groups is 1. The smallest absolute Gasteiger partial charge is 0.243 e. The number of ether oxygens (including phenoxy) is 2. The van der Waals surface area contributed by atoms with E-state index >= 15 is 0 Å². The van der Waals surface area contributed by atoms with Gasteiger partial charge in [0.05, 0.1) is 25.7 Å². The first-order valence-electron chi connectivity index (χ1n) is 8.58. The molecule has 1 heterocycles. The molecule has 0 saturated heterocycles. The van der Waals surface area contributed by atoms with Crippen LogP contribution in [0.5, 0.6) is 11.5 Å². The lowest BCUT2D eigenvalue weighted by Crippen LogP contribution is -2.46. The number of rotatable bonds is 5. The van der Waals surface area contributed by atoms with Crippen LogP contribution in [0.1, 0.15) is 11.1 Å². The highest BCUT2D eigenvalue weighted by atomic mass is 32.2. The third kappa shape index (κ3) is 4.36. The third-order valence-corrected chi connectivity index (χ3v) is 5.65. The molecule has 0 saturated carbocycles. The summed E-state index contributed by atoms with van der Waals surface area (Å²) in [6, 6.07) is 11.9. The molecule has 1 aliphatic heterocycles. The summed E-state index contributed by atoms with van der Waals surface area (Å²) in [5, 5.41) is 3.64. The molecule has 0 aliphatic carbocycles. The molecule has 7 heteroatoms. The first kappa shape index (κ1) is 19.5. The summed E-state index contributed by atoms with van der Waals surface area (Å²) < 4.78 is 10.6. The number of benzene rings is 2. The fraction of sp³-hybridized carbons (Fsp3) is 0.300. The monoisotopic (exact) mass is 402 g/mol. The normalized spacial score (nSPS) is 13.1. The van der Waals surface area contributed by atoms with E-state index in [4.69, 9.17) is 21.7 Å². The Bertz CT molecular complexity index is 870. The molecule has 0 radical (unpaired) electrons. The lowest BCUT2D eigenvalue weighted by Gasteiger charge is -2.29. The molecule has 0 aromatic heterocycles. The second-order valence-electron chi connectivity index (χ2n) is 6.16. The van der Waals surface area contributed by atoms with Gasteiger partial charge in [-0.15, -0.1) is 11.8 Å². The van der Waals surface area contributed by atoms with E-state index in [1.165, 1.54) is 5.56 Å². The molecule has 1 amide bonds. The van der Waals surface area contributed by atoms with Gasteiger partial charge in [0, 0.05) is 11.4 Å². The summed E-state index contributed by atoms with van der Waals surface area (Å²) in [6.07, 6.45) is 0.748. The van der Waals surface area contributed by atoms with Crippen molar-refractivity contribution in [1.82, 2.24) is 5.32 Å². The van der Waals surface area contributed by atoms with Crippen molar-refractivity contribution in [3.63, 3.8) is 0 Å². The highest BCUT2D eigenvalue weighted by molar-refractivity contribution is 8.00. The fourth-order valence-electron chi connectivity index (χ4n) is 2.91. The second kappa shape index (κ2) is 8.63. The summed E-state index contributed by atoms with van der Waals surface area (Å²) in [7, 11) is 3.24. The van der Waals surface area contributed by atoms with Crippen LogP contribution >= 0.6 is 24.0 Å². The molecule has 1 aliphatic rings. The molecule has 142 valence electrons. The minimum absolute atomic E-state index is 0.0000280. The van der Waals surface area contributed by atoms with Gasteiger partial charge in [-0.05, 0) is 61.0 Å². The van der Waals surface area contributed by atoms with Gasteiger partial charge in [-0.2, -0.15) is 0 Å². The number of thiocarbonyl (C=S) groups is 1. The predicted molar refractivity (Wildman–Crippen MR) is 113 cm³/mol. The molecule has 0 bridgehead atoms. The average molecular weight is 403 g/mol. The third-order valence-electron chi connectivity index (χ3n) is 4.30. The van der Waals surface area contributed by atoms with E-state index in [9.17, 15) is 4.79 Å². The summed E-state index contributed by atoms with van der Waals surface area (Å²) in [5.74, 6) is 1.80. The van der Waals surface area contributed by atoms with Gasteiger partial charge in [0.2, 0.25) is 5.91 Å². The first-order valence-corrected chi connectivity index (χ1v) is 9.98. The summed E-state index contributed by atoms with van der Waals surface area (Å²) >= 11 is 7.06. The number of hydrogen-bond donors (Lipinski definition) is 1.